The molecule has 0 unspecified atom stereocenters. The van der Waals surface area contributed by atoms with Crippen LogP contribution in [-0.4, -0.2) is 10.2 Å². The maximum absolute atomic E-state index is 12.7. The number of alkyl halides is 3. The monoisotopic (exact) mass is 370 g/mol. The summed E-state index contributed by atoms with van der Waals surface area (Å²) in [5.41, 5.74) is 5.48. The van der Waals surface area contributed by atoms with E-state index in [4.69, 9.17) is 24.4 Å². The van der Waals surface area contributed by atoms with Gasteiger partial charge in [-0.1, -0.05) is 24.3 Å². The van der Waals surface area contributed by atoms with E-state index < -0.39 is 11.7 Å². The van der Waals surface area contributed by atoms with E-state index in [2.05, 4.69) is 21.5 Å². The van der Waals surface area contributed by atoms with Crippen LogP contribution in [0, 0.1) is 0 Å². The molecule has 0 aliphatic carbocycles. The van der Waals surface area contributed by atoms with Crippen molar-refractivity contribution in [2.45, 2.75) is 6.18 Å². The Morgan fingerprint density at radius 3 is 1.88 bits per heavy atom. The fraction of sp³-hybridized carbons (Fsp3) is 0.0667. The Kier molecular flexibility index (Phi) is 5.93. The van der Waals surface area contributed by atoms with Gasteiger partial charge in [-0.25, -0.2) is 0 Å². The predicted molar refractivity (Wildman–Crippen MR) is 96.6 cm³/mol. The van der Waals surface area contributed by atoms with E-state index in [1.165, 1.54) is 12.1 Å². The lowest BCUT2D eigenvalue weighted by Crippen LogP contribution is -2.45. The van der Waals surface area contributed by atoms with Crippen LogP contribution in [0.15, 0.2) is 54.6 Å². The zero-order chi connectivity index (χ0) is 17.6. The number of thiocarbonyl (C=S) groups is 2. The molecule has 0 radical (unpaired) electrons. The van der Waals surface area contributed by atoms with Crippen LogP contribution in [0.25, 0.3) is 0 Å². The predicted octanol–water partition coefficient (Wildman–Crippen LogP) is 3.89. The number of hydrogen-bond acceptors (Lipinski definition) is 2. The molecule has 0 aliphatic rings. The molecule has 2 aromatic rings. The average Bonchev–Trinajstić information content (AvgIpc) is 2.53. The van der Waals surface area contributed by atoms with Crippen molar-refractivity contribution in [1.82, 2.24) is 10.9 Å². The zero-order valence-electron chi connectivity index (χ0n) is 12.1. The number of nitrogens with one attached hydrogen (secondary N) is 4. The molecule has 0 aromatic heterocycles. The van der Waals surface area contributed by atoms with Crippen molar-refractivity contribution in [3.8, 4) is 0 Å². The molecule has 0 aliphatic heterocycles. The number of para-hydroxylation sites is 1. The highest BCUT2D eigenvalue weighted by molar-refractivity contribution is 7.81. The summed E-state index contributed by atoms with van der Waals surface area (Å²) in [7, 11) is 0. The first-order valence-corrected chi connectivity index (χ1v) is 7.52. The molecule has 0 atom stereocenters. The molecule has 0 bridgehead atoms. The van der Waals surface area contributed by atoms with Crippen molar-refractivity contribution in [2.75, 3.05) is 10.6 Å². The van der Waals surface area contributed by atoms with Gasteiger partial charge in [0.25, 0.3) is 0 Å². The zero-order valence-corrected chi connectivity index (χ0v) is 13.8. The second-order valence-electron chi connectivity index (χ2n) is 4.60. The van der Waals surface area contributed by atoms with Gasteiger partial charge in [-0.2, -0.15) is 13.2 Å². The molecule has 9 heteroatoms. The maximum Gasteiger partial charge on any atom is 0.416 e. The molecular formula is C15H13F3N4S2. The second kappa shape index (κ2) is 7.93. The smallest absolute Gasteiger partial charge is 0.331 e. The molecule has 24 heavy (non-hydrogen) atoms. The minimum Gasteiger partial charge on any atom is -0.331 e. The maximum atomic E-state index is 12.7. The Morgan fingerprint density at radius 1 is 0.750 bits per heavy atom. The van der Waals surface area contributed by atoms with Gasteiger partial charge >= 0.3 is 6.18 Å². The van der Waals surface area contributed by atoms with Gasteiger partial charge in [0.1, 0.15) is 0 Å². The fourth-order valence-corrected chi connectivity index (χ4v) is 2.07. The topological polar surface area (TPSA) is 48.1 Å². The molecule has 4 N–H and O–H groups in total. The van der Waals surface area contributed by atoms with Gasteiger partial charge in [0.2, 0.25) is 0 Å². The Morgan fingerprint density at radius 2 is 1.29 bits per heavy atom. The lowest BCUT2D eigenvalue weighted by atomic mass is 10.2. The van der Waals surface area contributed by atoms with E-state index >= 15 is 0 Å². The minimum absolute atomic E-state index is 0.0755. The molecule has 0 fully saturated rings. The lowest BCUT2D eigenvalue weighted by Gasteiger charge is -2.15. The van der Waals surface area contributed by atoms with E-state index in [0.29, 0.717) is 0 Å². The SMILES string of the molecule is FC(F)(F)c1cccc(NC(=S)NNC(=S)Nc2ccccc2)c1. The highest BCUT2D eigenvalue weighted by atomic mass is 32.1. The van der Waals surface area contributed by atoms with Crippen LogP contribution in [0.3, 0.4) is 0 Å². The van der Waals surface area contributed by atoms with Crippen molar-refractivity contribution in [2.24, 2.45) is 0 Å². The van der Waals surface area contributed by atoms with Gasteiger partial charge in [-0.15, -0.1) is 0 Å². The van der Waals surface area contributed by atoms with E-state index in [0.717, 1.165) is 17.8 Å². The summed E-state index contributed by atoms with van der Waals surface area (Å²) in [6.45, 7) is 0. The van der Waals surface area contributed by atoms with Gasteiger partial charge in [-0.3, -0.25) is 10.9 Å². The number of rotatable bonds is 2. The number of halogens is 3. The average molecular weight is 370 g/mol. The van der Waals surface area contributed by atoms with Gasteiger partial charge in [0.05, 0.1) is 5.56 Å². The highest BCUT2D eigenvalue weighted by Gasteiger charge is 2.30. The third kappa shape index (κ3) is 5.67. The standard InChI is InChI=1S/C15H13F3N4S2/c16-15(17,18)10-5-4-8-12(9-10)20-14(24)22-21-13(23)19-11-6-2-1-3-7-11/h1-9H,(H2,19,21,23)(H2,20,22,24). The highest BCUT2D eigenvalue weighted by Crippen LogP contribution is 2.30. The summed E-state index contributed by atoms with van der Waals surface area (Å²) in [5, 5.41) is 5.89. The first kappa shape index (κ1) is 18.0. The Hall–Kier alpha value is -2.39. The fourth-order valence-electron chi connectivity index (χ4n) is 1.73. The molecule has 0 heterocycles. The molecule has 0 amide bonds. The second-order valence-corrected chi connectivity index (χ2v) is 5.42. The van der Waals surface area contributed by atoms with Crippen molar-refractivity contribution in [3.63, 3.8) is 0 Å². The normalized spacial score (nSPS) is 10.6. The van der Waals surface area contributed by atoms with E-state index in [1.807, 2.05) is 30.3 Å². The quantitative estimate of drug-likeness (QED) is 0.475. The van der Waals surface area contributed by atoms with Crippen molar-refractivity contribution < 1.29 is 13.2 Å². The van der Waals surface area contributed by atoms with Gasteiger partial charge in [0.15, 0.2) is 10.2 Å². The van der Waals surface area contributed by atoms with Crippen LogP contribution in [-0.2, 0) is 6.18 Å². The Bertz CT molecular complexity index is 720. The molecule has 126 valence electrons. The van der Waals surface area contributed by atoms with Crippen LogP contribution in [0.4, 0.5) is 24.5 Å². The van der Waals surface area contributed by atoms with Gasteiger partial charge in [0, 0.05) is 11.4 Å². The number of hydrogen-bond donors (Lipinski definition) is 4. The van der Waals surface area contributed by atoms with E-state index in [9.17, 15) is 13.2 Å². The number of anilines is 2. The molecular weight excluding hydrogens is 357 g/mol. The summed E-state index contributed by atoms with van der Waals surface area (Å²) >= 11 is 10.1. The van der Waals surface area contributed by atoms with Crippen LogP contribution in [0.5, 0.6) is 0 Å². The molecule has 0 saturated carbocycles. The summed E-state index contributed by atoms with van der Waals surface area (Å²) < 4.78 is 38.0. The molecule has 0 spiro atoms. The first-order valence-electron chi connectivity index (χ1n) is 6.71. The largest absolute Gasteiger partial charge is 0.416 e. The Labute approximate surface area is 147 Å². The third-order valence-electron chi connectivity index (χ3n) is 2.77. The van der Waals surface area contributed by atoms with Crippen LogP contribution < -0.4 is 21.5 Å². The van der Waals surface area contributed by atoms with Gasteiger partial charge < -0.3 is 10.6 Å². The third-order valence-corrected chi connectivity index (χ3v) is 3.18. The molecule has 2 rings (SSSR count). The summed E-state index contributed by atoms with van der Waals surface area (Å²) in [6.07, 6.45) is -4.41. The van der Waals surface area contributed by atoms with Crippen LogP contribution in [0.1, 0.15) is 5.56 Å². The van der Waals surface area contributed by atoms with Crippen molar-refractivity contribution >= 4 is 46.0 Å². The van der Waals surface area contributed by atoms with Crippen molar-refractivity contribution in [3.05, 3.63) is 60.2 Å². The minimum atomic E-state index is -4.41. The van der Waals surface area contributed by atoms with E-state index in [1.54, 1.807) is 0 Å². The summed E-state index contributed by atoms with van der Waals surface area (Å²) in [5.74, 6) is 0. The summed E-state index contributed by atoms with van der Waals surface area (Å²) in [4.78, 5) is 0. The van der Waals surface area contributed by atoms with Gasteiger partial charge in [-0.05, 0) is 54.8 Å². The molecule has 4 nitrogen and oxygen atoms in total. The Balaban J connectivity index is 1.84. The number of hydrazine groups is 1. The molecule has 0 saturated heterocycles. The van der Waals surface area contributed by atoms with Crippen molar-refractivity contribution in [1.29, 1.82) is 0 Å². The number of benzene rings is 2. The van der Waals surface area contributed by atoms with E-state index in [-0.39, 0.29) is 15.9 Å². The summed E-state index contributed by atoms with van der Waals surface area (Å²) in [6, 6.07) is 13.9. The van der Waals surface area contributed by atoms with Crippen LogP contribution >= 0.6 is 24.4 Å². The lowest BCUT2D eigenvalue weighted by molar-refractivity contribution is -0.137. The molecule has 2 aromatic carbocycles. The van der Waals surface area contributed by atoms with Crippen LogP contribution in [0.2, 0.25) is 0 Å². The first-order chi connectivity index (χ1) is 11.3.